The maximum Gasteiger partial charge on any atom is 0.387 e. The van der Waals surface area contributed by atoms with Gasteiger partial charge in [0.2, 0.25) is 5.91 Å². The quantitative estimate of drug-likeness (QED) is 0.453. The summed E-state index contributed by atoms with van der Waals surface area (Å²) in [6, 6.07) is 12.4. The van der Waals surface area contributed by atoms with Gasteiger partial charge in [-0.3, -0.25) is 4.79 Å². The molecule has 2 aromatic heterocycles. The number of nitrogens with one attached hydrogen (secondary N) is 1. The van der Waals surface area contributed by atoms with Gasteiger partial charge in [-0.05, 0) is 60.9 Å². The van der Waals surface area contributed by atoms with Crippen LogP contribution in [0.2, 0.25) is 0 Å². The van der Waals surface area contributed by atoms with E-state index in [1.807, 2.05) is 0 Å². The smallest absolute Gasteiger partial charge is 0.387 e. The summed E-state index contributed by atoms with van der Waals surface area (Å²) in [7, 11) is 0. The number of alkyl halides is 2. The van der Waals surface area contributed by atoms with E-state index >= 15 is 0 Å². The van der Waals surface area contributed by atoms with Crippen LogP contribution in [0.1, 0.15) is 11.3 Å². The molecule has 1 amide bonds. The van der Waals surface area contributed by atoms with E-state index in [0.29, 0.717) is 11.3 Å². The van der Waals surface area contributed by atoms with Crippen molar-refractivity contribution in [3.05, 3.63) is 71.8 Å². The monoisotopic (exact) mass is 440 g/mol. The molecule has 0 unspecified atom stereocenters. The van der Waals surface area contributed by atoms with Crippen molar-refractivity contribution in [3.63, 3.8) is 0 Å². The summed E-state index contributed by atoms with van der Waals surface area (Å²) in [5.74, 6) is -0.945. The zero-order valence-electron chi connectivity index (χ0n) is 17.3. The van der Waals surface area contributed by atoms with Crippen molar-refractivity contribution >= 4 is 22.6 Å². The second-order valence-electron chi connectivity index (χ2n) is 7.23. The number of carbonyl (C=O) groups is 1. The van der Waals surface area contributed by atoms with Gasteiger partial charge in [-0.25, -0.2) is 14.1 Å². The van der Waals surface area contributed by atoms with Gasteiger partial charge >= 0.3 is 6.61 Å². The summed E-state index contributed by atoms with van der Waals surface area (Å²) in [5.41, 5.74) is 3.64. The largest absolute Gasteiger partial charge is 0.433 e. The molecule has 6 nitrogen and oxygen atoms in total. The van der Waals surface area contributed by atoms with Gasteiger partial charge in [-0.15, -0.1) is 0 Å². The molecule has 4 aromatic rings. The topological polar surface area (TPSA) is 69.0 Å². The molecule has 0 radical (unpaired) electrons. The third-order valence-corrected chi connectivity index (χ3v) is 4.88. The van der Waals surface area contributed by atoms with E-state index in [4.69, 9.17) is 0 Å². The van der Waals surface area contributed by atoms with Crippen LogP contribution in [0.25, 0.3) is 22.2 Å². The average molecular weight is 440 g/mol. The average Bonchev–Trinajstić information content (AvgIpc) is 3.06. The highest BCUT2D eigenvalue weighted by Gasteiger charge is 2.17. The Morgan fingerprint density at radius 1 is 1.12 bits per heavy atom. The highest BCUT2D eigenvalue weighted by atomic mass is 19.3. The van der Waals surface area contributed by atoms with Crippen LogP contribution < -0.4 is 10.1 Å². The molecule has 0 atom stereocenters. The number of halogens is 3. The Hall–Kier alpha value is -3.88. The Labute approximate surface area is 181 Å². The molecule has 164 valence electrons. The number of ether oxygens (including phenoxy) is 1. The minimum Gasteiger partial charge on any atom is -0.433 e. The van der Waals surface area contributed by atoms with E-state index in [9.17, 15) is 18.0 Å². The number of aromatic nitrogens is 3. The molecule has 4 rings (SSSR count). The third kappa shape index (κ3) is 4.41. The van der Waals surface area contributed by atoms with Gasteiger partial charge in [-0.2, -0.15) is 13.9 Å². The summed E-state index contributed by atoms with van der Waals surface area (Å²) in [6.07, 6.45) is 1.59. The Morgan fingerprint density at radius 2 is 1.88 bits per heavy atom. The number of benzene rings is 2. The lowest BCUT2D eigenvalue weighted by atomic mass is 10.0. The van der Waals surface area contributed by atoms with Crippen molar-refractivity contribution in [1.29, 1.82) is 0 Å². The fraction of sp³-hybridized carbons (Fsp3) is 0.174. The van der Waals surface area contributed by atoms with Crippen LogP contribution in [0.3, 0.4) is 0 Å². The zero-order valence-corrected chi connectivity index (χ0v) is 17.3. The van der Waals surface area contributed by atoms with Crippen molar-refractivity contribution < 1.29 is 22.7 Å². The highest BCUT2D eigenvalue weighted by molar-refractivity contribution is 5.96. The van der Waals surface area contributed by atoms with Crippen molar-refractivity contribution in [3.8, 4) is 16.9 Å². The number of nitrogens with zero attached hydrogens (tertiary/aromatic N) is 3. The van der Waals surface area contributed by atoms with Crippen LogP contribution in [-0.4, -0.2) is 27.3 Å². The molecule has 2 aromatic carbocycles. The van der Waals surface area contributed by atoms with Gasteiger partial charge in [-0.1, -0.05) is 18.2 Å². The van der Waals surface area contributed by atoms with E-state index < -0.39 is 12.5 Å². The van der Waals surface area contributed by atoms with E-state index in [-0.39, 0.29) is 23.8 Å². The summed E-state index contributed by atoms with van der Waals surface area (Å²) >= 11 is 0. The molecular formula is C23H19F3N4O2. The van der Waals surface area contributed by atoms with E-state index in [2.05, 4.69) is 20.1 Å². The molecule has 0 spiro atoms. The molecule has 32 heavy (non-hydrogen) atoms. The molecule has 0 aliphatic heterocycles. The van der Waals surface area contributed by atoms with Gasteiger partial charge in [0.05, 0.1) is 11.4 Å². The first-order valence-corrected chi connectivity index (χ1v) is 9.75. The predicted molar refractivity (Wildman–Crippen MR) is 114 cm³/mol. The molecule has 1 N–H and O–H groups in total. The predicted octanol–water partition coefficient (Wildman–Crippen LogP) is 5.09. The molecule has 0 fully saturated rings. The first kappa shape index (κ1) is 21.4. The molecule has 0 saturated heterocycles. The normalized spacial score (nSPS) is 11.2. The summed E-state index contributed by atoms with van der Waals surface area (Å²) in [6.45, 7) is 0.361. The third-order valence-electron chi connectivity index (χ3n) is 4.88. The standard InChI is InChI=1S/C23H19F3N4O2/c1-13-3-8-19(32-23(25)26)18(11-13)28-20(31)12-30-22-21(14(2)29-30)17(9-10-27-22)15-4-6-16(24)7-5-15/h3-11,23H,12H2,1-2H3,(H,28,31). The van der Waals surface area contributed by atoms with Gasteiger partial charge in [0.1, 0.15) is 18.1 Å². The molecule has 9 heteroatoms. The molecule has 0 aliphatic rings. The summed E-state index contributed by atoms with van der Waals surface area (Å²) < 4.78 is 44.6. The van der Waals surface area contributed by atoms with Crippen LogP contribution in [0.15, 0.2) is 54.7 Å². The number of pyridine rings is 1. The second-order valence-corrected chi connectivity index (χ2v) is 7.23. The maximum absolute atomic E-state index is 13.3. The van der Waals surface area contributed by atoms with Gasteiger partial charge in [0.15, 0.2) is 5.65 Å². The van der Waals surface area contributed by atoms with Crippen molar-refractivity contribution in [2.24, 2.45) is 0 Å². The Bertz CT molecular complexity index is 1290. The first-order chi connectivity index (χ1) is 15.3. The van der Waals surface area contributed by atoms with Crippen LogP contribution >= 0.6 is 0 Å². The number of fused-ring (bicyclic) bond motifs is 1. The van der Waals surface area contributed by atoms with Crippen molar-refractivity contribution in [2.45, 2.75) is 27.0 Å². The summed E-state index contributed by atoms with van der Waals surface area (Å²) in [5, 5.41) is 7.78. The Kier molecular flexibility index (Phi) is 5.81. The van der Waals surface area contributed by atoms with Gasteiger partial charge in [0, 0.05) is 11.6 Å². The number of amides is 1. The van der Waals surface area contributed by atoms with Crippen LogP contribution in [0.5, 0.6) is 5.75 Å². The number of aryl methyl sites for hydroxylation is 2. The lowest BCUT2D eigenvalue weighted by Gasteiger charge is -2.13. The van der Waals surface area contributed by atoms with Gasteiger partial charge < -0.3 is 10.1 Å². The lowest BCUT2D eigenvalue weighted by Crippen LogP contribution is -2.20. The number of rotatable bonds is 6. The van der Waals surface area contributed by atoms with E-state index in [0.717, 1.165) is 22.1 Å². The lowest BCUT2D eigenvalue weighted by molar-refractivity contribution is -0.116. The van der Waals surface area contributed by atoms with E-state index in [1.165, 1.54) is 22.9 Å². The fourth-order valence-corrected chi connectivity index (χ4v) is 3.53. The number of anilines is 1. The number of hydrogen-bond acceptors (Lipinski definition) is 4. The Balaban J connectivity index is 1.63. The molecular weight excluding hydrogens is 421 g/mol. The van der Waals surface area contributed by atoms with Crippen molar-refractivity contribution in [1.82, 2.24) is 14.8 Å². The first-order valence-electron chi connectivity index (χ1n) is 9.75. The van der Waals surface area contributed by atoms with Crippen LogP contribution in [-0.2, 0) is 11.3 Å². The zero-order chi connectivity index (χ0) is 22.8. The minimum absolute atomic E-state index is 0.128. The summed E-state index contributed by atoms with van der Waals surface area (Å²) in [4.78, 5) is 17.1. The minimum atomic E-state index is -3.01. The van der Waals surface area contributed by atoms with E-state index in [1.54, 1.807) is 50.4 Å². The molecule has 0 bridgehead atoms. The molecule has 0 saturated carbocycles. The maximum atomic E-state index is 13.3. The van der Waals surface area contributed by atoms with Gasteiger partial charge in [0.25, 0.3) is 0 Å². The number of hydrogen-bond donors (Lipinski definition) is 1. The highest BCUT2D eigenvalue weighted by Crippen LogP contribution is 2.30. The second kappa shape index (κ2) is 8.70. The molecule has 0 aliphatic carbocycles. The SMILES string of the molecule is Cc1ccc(OC(F)F)c(NC(=O)Cn2nc(C)c3c(-c4ccc(F)cc4)ccnc32)c1. The fourth-order valence-electron chi connectivity index (χ4n) is 3.53. The van der Waals surface area contributed by atoms with Crippen LogP contribution in [0.4, 0.5) is 18.9 Å². The van der Waals surface area contributed by atoms with Crippen LogP contribution in [0, 0.1) is 19.7 Å². The molecule has 2 heterocycles. The number of carbonyl (C=O) groups excluding carboxylic acids is 1. The Morgan fingerprint density at radius 3 is 2.59 bits per heavy atom. The van der Waals surface area contributed by atoms with Crippen molar-refractivity contribution in [2.75, 3.05) is 5.32 Å².